The van der Waals surface area contributed by atoms with E-state index in [1.165, 1.54) is 18.2 Å². The Morgan fingerprint density at radius 2 is 1.32 bits per heavy atom. The van der Waals surface area contributed by atoms with Crippen LogP contribution >= 0.6 is 11.8 Å². The molecule has 0 aromatic heterocycles. The highest BCUT2D eigenvalue weighted by molar-refractivity contribution is 8.00. The SMILES string of the molecule is O=C(COC(=O)c1ccccc1SCC(=O)Nc1cc(F)ccc1F)Nc1cc(F)ccc1F. The summed E-state index contributed by atoms with van der Waals surface area (Å²) in [5, 5.41) is 4.34. The summed E-state index contributed by atoms with van der Waals surface area (Å²) in [6.45, 7) is -0.771. The van der Waals surface area contributed by atoms with E-state index in [0.29, 0.717) is 4.90 Å². The van der Waals surface area contributed by atoms with E-state index in [4.69, 9.17) is 4.74 Å². The van der Waals surface area contributed by atoms with Crippen LogP contribution in [0.2, 0.25) is 0 Å². The fraction of sp³-hybridized carbons (Fsp3) is 0.0870. The number of amides is 2. The predicted molar refractivity (Wildman–Crippen MR) is 117 cm³/mol. The summed E-state index contributed by atoms with van der Waals surface area (Å²) in [4.78, 5) is 36.8. The van der Waals surface area contributed by atoms with Gasteiger partial charge in [-0.1, -0.05) is 12.1 Å². The second kappa shape index (κ2) is 11.3. The summed E-state index contributed by atoms with van der Waals surface area (Å²) in [6, 6.07) is 11.2. The van der Waals surface area contributed by atoms with Gasteiger partial charge in [-0.3, -0.25) is 9.59 Å². The Kier molecular flexibility index (Phi) is 8.25. The quantitative estimate of drug-likeness (QED) is 0.269. The Morgan fingerprint density at radius 1 is 0.765 bits per heavy atom. The molecule has 0 bridgehead atoms. The number of anilines is 2. The monoisotopic (exact) mass is 492 g/mol. The van der Waals surface area contributed by atoms with E-state index in [9.17, 15) is 31.9 Å². The van der Waals surface area contributed by atoms with Crippen LogP contribution < -0.4 is 10.6 Å². The first-order chi connectivity index (χ1) is 16.2. The smallest absolute Gasteiger partial charge is 0.339 e. The zero-order chi connectivity index (χ0) is 24.7. The fourth-order valence-corrected chi connectivity index (χ4v) is 3.51. The van der Waals surface area contributed by atoms with Crippen LogP contribution in [0.15, 0.2) is 65.6 Å². The molecule has 0 aliphatic carbocycles. The largest absolute Gasteiger partial charge is 0.452 e. The molecule has 176 valence electrons. The summed E-state index contributed by atoms with van der Waals surface area (Å²) < 4.78 is 58.7. The van der Waals surface area contributed by atoms with Gasteiger partial charge in [0.15, 0.2) is 6.61 Å². The third-order valence-electron chi connectivity index (χ3n) is 4.21. The Bertz CT molecular complexity index is 1240. The summed E-state index contributed by atoms with van der Waals surface area (Å²) in [5.41, 5.74) is -0.682. The van der Waals surface area contributed by atoms with E-state index in [1.807, 2.05) is 0 Å². The van der Waals surface area contributed by atoms with Crippen molar-refractivity contribution in [3.05, 3.63) is 89.5 Å². The second-order valence-corrected chi connectivity index (χ2v) is 7.72. The molecule has 3 rings (SSSR count). The molecule has 0 heterocycles. The highest BCUT2D eigenvalue weighted by atomic mass is 32.2. The van der Waals surface area contributed by atoms with Gasteiger partial charge >= 0.3 is 5.97 Å². The topological polar surface area (TPSA) is 84.5 Å². The number of hydrogen-bond donors (Lipinski definition) is 2. The number of carbonyl (C=O) groups excluding carboxylic acids is 3. The maximum Gasteiger partial charge on any atom is 0.339 e. The summed E-state index contributed by atoms with van der Waals surface area (Å²) in [5.74, 6) is -5.81. The van der Waals surface area contributed by atoms with E-state index in [0.717, 1.165) is 48.2 Å². The van der Waals surface area contributed by atoms with E-state index >= 15 is 0 Å². The minimum absolute atomic E-state index is 0.0435. The normalized spacial score (nSPS) is 10.5. The number of ether oxygens (including phenoxy) is 1. The van der Waals surface area contributed by atoms with Crippen molar-refractivity contribution in [2.24, 2.45) is 0 Å². The molecule has 0 spiro atoms. The molecule has 0 saturated heterocycles. The van der Waals surface area contributed by atoms with Gasteiger partial charge in [0.2, 0.25) is 5.91 Å². The van der Waals surface area contributed by atoms with Gasteiger partial charge in [-0.15, -0.1) is 11.8 Å². The fourth-order valence-electron chi connectivity index (χ4n) is 2.67. The van der Waals surface area contributed by atoms with Crippen LogP contribution in [-0.4, -0.2) is 30.1 Å². The maximum atomic E-state index is 13.7. The molecule has 11 heteroatoms. The van der Waals surface area contributed by atoms with Crippen LogP contribution in [-0.2, 0) is 14.3 Å². The molecular weight excluding hydrogens is 476 g/mol. The highest BCUT2D eigenvalue weighted by Crippen LogP contribution is 2.24. The van der Waals surface area contributed by atoms with E-state index in [1.54, 1.807) is 6.07 Å². The van der Waals surface area contributed by atoms with Gasteiger partial charge in [0.05, 0.1) is 22.7 Å². The minimum atomic E-state index is -0.894. The lowest BCUT2D eigenvalue weighted by molar-refractivity contribution is -0.119. The zero-order valence-corrected chi connectivity index (χ0v) is 18.1. The molecule has 0 radical (unpaired) electrons. The minimum Gasteiger partial charge on any atom is -0.452 e. The number of esters is 1. The number of rotatable bonds is 8. The van der Waals surface area contributed by atoms with Crippen LogP contribution in [0.5, 0.6) is 0 Å². The lowest BCUT2D eigenvalue weighted by Gasteiger charge is -2.11. The summed E-state index contributed by atoms with van der Waals surface area (Å²) in [6.07, 6.45) is 0. The number of nitrogens with one attached hydrogen (secondary N) is 2. The lowest BCUT2D eigenvalue weighted by Crippen LogP contribution is -2.22. The van der Waals surface area contributed by atoms with Crippen molar-refractivity contribution in [1.82, 2.24) is 0 Å². The van der Waals surface area contributed by atoms with Crippen molar-refractivity contribution in [3.8, 4) is 0 Å². The third-order valence-corrected chi connectivity index (χ3v) is 5.28. The van der Waals surface area contributed by atoms with Crippen molar-refractivity contribution < 1.29 is 36.7 Å². The number of hydrogen-bond acceptors (Lipinski definition) is 5. The van der Waals surface area contributed by atoms with Gasteiger partial charge in [-0.25, -0.2) is 22.4 Å². The molecule has 2 amide bonds. The molecule has 0 fully saturated rings. The Morgan fingerprint density at radius 3 is 1.94 bits per heavy atom. The molecular formula is C23H16F4N2O4S. The van der Waals surface area contributed by atoms with E-state index in [2.05, 4.69) is 10.6 Å². The molecule has 34 heavy (non-hydrogen) atoms. The molecule has 0 aliphatic rings. The van der Waals surface area contributed by atoms with Gasteiger partial charge in [0, 0.05) is 17.0 Å². The first-order valence-corrected chi connectivity index (χ1v) is 10.6. The number of benzene rings is 3. The second-order valence-electron chi connectivity index (χ2n) is 6.71. The van der Waals surface area contributed by atoms with Crippen LogP contribution in [0.1, 0.15) is 10.4 Å². The van der Waals surface area contributed by atoms with Crippen LogP contribution in [0.3, 0.4) is 0 Å². The van der Waals surface area contributed by atoms with Crippen molar-refractivity contribution in [2.45, 2.75) is 4.90 Å². The van der Waals surface area contributed by atoms with Gasteiger partial charge in [-0.2, -0.15) is 0 Å². The van der Waals surface area contributed by atoms with Gasteiger partial charge < -0.3 is 15.4 Å². The number of carbonyl (C=O) groups is 3. The standard InChI is InChI=1S/C23H16F4N2O4S/c24-13-5-7-16(26)18(9-13)28-21(30)11-33-23(32)15-3-1-2-4-20(15)34-12-22(31)29-19-10-14(25)6-8-17(19)27/h1-10H,11-12H2,(H,28,30)(H,29,31). The van der Waals surface area contributed by atoms with Gasteiger partial charge in [0.1, 0.15) is 23.3 Å². The maximum absolute atomic E-state index is 13.7. The number of halogens is 4. The first-order valence-electron chi connectivity index (χ1n) is 9.61. The molecule has 0 unspecified atom stereocenters. The number of thioether (sulfide) groups is 1. The molecule has 3 aromatic rings. The highest BCUT2D eigenvalue weighted by Gasteiger charge is 2.17. The van der Waals surface area contributed by atoms with E-state index < -0.39 is 53.3 Å². The molecule has 0 atom stereocenters. The lowest BCUT2D eigenvalue weighted by atomic mass is 10.2. The first kappa shape index (κ1) is 24.8. The molecule has 2 N–H and O–H groups in total. The van der Waals surface area contributed by atoms with Crippen molar-refractivity contribution in [1.29, 1.82) is 0 Å². The van der Waals surface area contributed by atoms with Crippen molar-refractivity contribution >= 4 is 40.9 Å². The molecule has 3 aromatic carbocycles. The van der Waals surface area contributed by atoms with Crippen molar-refractivity contribution in [2.75, 3.05) is 23.0 Å². The predicted octanol–water partition coefficient (Wildman–Crippen LogP) is 4.77. The van der Waals surface area contributed by atoms with Gasteiger partial charge in [0.25, 0.3) is 5.91 Å². The zero-order valence-electron chi connectivity index (χ0n) is 17.2. The third kappa shape index (κ3) is 6.82. The average molecular weight is 492 g/mol. The molecule has 0 saturated carbocycles. The van der Waals surface area contributed by atoms with Crippen LogP contribution in [0.4, 0.5) is 28.9 Å². The van der Waals surface area contributed by atoms with Crippen molar-refractivity contribution in [3.63, 3.8) is 0 Å². The molecule has 0 aliphatic heterocycles. The van der Waals surface area contributed by atoms with Crippen LogP contribution in [0, 0.1) is 23.3 Å². The van der Waals surface area contributed by atoms with E-state index in [-0.39, 0.29) is 17.0 Å². The Hall–Kier alpha value is -3.86. The summed E-state index contributed by atoms with van der Waals surface area (Å²) in [7, 11) is 0. The Balaban J connectivity index is 1.57. The summed E-state index contributed by atoms with van der Waals surface area (Å²) >= 11 is 0.932. The Labute approximate surface area is 195 Å². The van der Waals surface area contributed by atoms with Crippen LogP contribution in [0.25, 0.3) is 0 Å². The van der Waals surface area contributed by atoms with Gasteiger partial charge in [-0.05, 0) is 36.4 Å². The molecule has 6 nitrogen and oxygen atoms in total. The average Bonchev–Trinajstić information content (AvgIpc) is 2.81.